The smallest absolute Gasteiger partial charge is 0.408 e. The number of para-hydroxylation sites is 1. The molecule has 2 N–H and O–H groups in total. The summed E-state index contributed by atoms with van der Waals surface area (Å²) in [7, 11) is 3.71. The van der Waals surface area contributed by atoms with Gasteiger partial charge in [0.2, 0.25) is 5.76 Å². The molecule has 3 fully saturated rings. The largest absolute Gasteiger partial charge is 0.458 e. The fraction of sp³-hybridized carbons (Fsp3) is 0.600. The highest BCUT2D eigenvalue weighted by Gasteiger charge is 2.57. The van der Waals surface area contributed by atoms with Crippen molar-refractivity contribution in [3.8, 4) is 23.1 Å². The van der Waals surface area contributed by atoms with E-state index in [0.29, 0.717) is 12.1 Å². The van der Waals surface area contributed by atoms with Gasteiger partial charge in [0.25, 0.3) is 0 Å². The number of ether oxygens (including phenoxy) is 5. The van der Waals surface area contributed by atoms with E-state index in [4.69, 9.17) is 28.2 Å². The van der Waals surface area contributed by atoms with Crippen LogP contribution in [0, 0.1) is 35.5 Å². The number of Topliss-reactive ketones (excluding diaryl/α,β-unsaturated/α-hetero) is 2. The molecule has 2 aromatic heterocycles. The van der Waals surface area contributed by atoms with E-state index in [1.54, 1.807) is 53.8 Å². The summed E-state index contributed by atoms with van der Waals surface area (Å²) in [6.07, 6.45) is -3.02. The monoisotopic (exact) mass is 830 g/mol. The molecule has 1 aromatic carbocycles. The highest BCUT2D eigenvalue weighted by molar-refractivity contribution is 6.00. The first-order valence-electron chi connectivity index (χ1n) is 20.7. The molecule has 324 valence electrons. The fourth-order valence-electron chi connectivity index (χ4n) is 9.23. The van der Waals surface area contributed by atoms with Gasteiger partial charge in [-0.05, 0) is 79.1 Å². The van der Waals surface area contributed by atoms with Crippen LogP contribution in [0.15, 0.2) is 47.1 Å². The predicted molar refractivity (Wildman–Crippen MR) is 219 cm³/mol. The Morgan fingerprint density at radius 1 is 1.02 bits per heavy atom. The van der Waals surface area contributed by atoms with Crippen LogP contribution in [0.25, 0.3) is 22.2 Å². The topological polar surface area (TPSA) is 189 Å². The molecule has 15 nitrogen and oxygen atoms in total. The average Bonchev–Trinajstić information content (AvgIpc) is 3.82. The van der Waals surface area contributed by atoms with Crippen LogP contribution in [0.4, 0.5) is 4.79 Å². The van der Waals surface area contributed by atoms with Crippen molar-refractivity contribution >= 4 is 34.5 Å². The molecule has 3 aliphatic heterocycles. The minimum atomic E-state index is -1.46. The number of nitrogens with one attached hydrogen (secondary N) is 1. The summed E-state index contributed by atoms with van der Waals surface area (Å²) >= 11 is 0. The molecule has 0 saturated carbocycles. The number of aliphatic hydroxyl groups excluding tert-OH is 1. The second-order valence-electron chi connectivity index (χ2n) is 17.2. The van der Waals surface area contributed by atoms with Gasteiger partial charge in [0.15, 0.2) is 17.7 Å². The van der Waals surface area contributed by atoms with E-state index in [2.05, 4.69) is 27.3 Å². The molecular weight excluding hydrogens is 773 g/mol. The number of amides is 1. The van der Waals surface area contributed by atoms with Crippen molar-refractivity contribution in [2.45, 2.75) is 129 Å². The molecule has 60 heavy (non-hydrogen) atoms. The lowest BCUT2D eigenvalue weighted by molar-refractivity contribution is -0.296. The predicted octanol–water partition coefficient (Wildman–Crippen LogP) is 5.10. The minimum Gasteiger partial charge on any atom is -0.458 e. The lowest BCUT2D eigenvalue weighted by atomic mass is 9.73. The number of carbonyl (C=O) groups excluding carboxylic acids is 4. The van der Waals surface area contributed by atoms with Crippen LogP contribution >= 0.6 is 0 Å². The molecule has 0 radical (unpaired) electrons. The molecule has 3 aromatic rings. The SMILES string of the molecule is CC[C@@H]1OC(=O)[C@H](C)C(=O)[C@H](C)[C@@H](O[C@@H]2O[C@H](C)C[C@H](N(C)C)[C@H]2O)[C@@](C)(OCC#Cc2cc(-c3ccnc4ccccc34)no2)C[C@@H](C)C(=O)[C@@H](C)[C@H]2NC(=O)O[C@]12C. The van der Waals surface area contributed by atoms with Crippen LogP contribution in [0.3, 0.4) is 0 Å². The second-order valence-corrected chi connectivity index (χ2v) is 17.2. The minimum absolute atomic E-state index is 0.0193. The van der Waals surface area contributed by atoms with Crippen molar-refractivity contribution in [1.29, 1.82) is 0 Å². The van der Waals surface area contributed by atoms with Gasteiger partial charge < -0.3 is 43.5 Å². The van der Waals surface area contributed by atoms with Crippen molar-refractivity contribution in [1.82, 2.24) is 20.4 Å². The maximum atomic E-state index is 14.5. The Labute approximate surface area is 351 Å². The number of nitrogens with zero attached hydrogens (tertiary/aromatic N) is 3. The van der Waals surface area contributed by atoms with Crippen LogP contribution in [0.5, 0.6) is 0 Å². The Hall–Kier alpha value is -4.72. The van der Waals surface area contributed by atoms with Crippen molar-refractivity contribution in [3.05, 3.63) is 48.4 Å². The molecular formula is C45H58N4O11. The number of pyridine rings is 1. The van der Waals surface area contributed by atoms with E-state index in [1.807, 2.05) is 56.3 Å². The summed E-state index contributed by atoms with van der Waals surface area (Å²) in [6.45, 7) is 13.4. The van der Waals surface area contributed by atoms with Crippen LogP contribution in [0.2, 0.25) is 0 Å². The molecule has 6 rings (SSSR count). The van der Waals surface area contributed by atoms with Gasteiger partial charge in [-0.2, -0.15) is 0 Å². The maximum absolute atomic E-state index is 14.5. The highest BCUT2D eigenvalue weighted by atomic mass is 16.7. The van der Waals surface area contributed by atoms with Crippen LogP contribution in [-0.2, 0) is 38.1 Å². The third-order valence-corrected chi connectivity index (χ3v) is 12.6. The number of aromatic nitrogens is 2. The first-order valence-corrected chi connectivity index (χ1v) is 20.7. The lowest BCUT2D eigenvalue weighted by Crippen LogP contribution is -2.60. The highest BCUT2D eigenvalue weighted by Crippen LogP contribution is 2.40. The Bertz CT molecular complexity index is 2120. The zero-order chi connectivity index (χ0) is 43.7. The van der Waals surface area contributed by atoms with Gasteiger partial charge in [-0.15, -0.1) is 0 Å². The summed E-state index contributed by atoms with van der Waals surface area (Å²) in [5.41, 5.74) is -0.649. The van der Waals surface area contributed by atoms with E-state index in [9.17, 15) is 24.3 Å². The molecule has 5 heterocycles. The summed E-state index contributed by atoms with van der Waals surface area (Å²) in [6, 6.07) is 10.1. The summed E-state index contributed by atoms with van der Waals surface area (Å²) in [5, 5.41) is 19.5. The molecule has 0 spiro atoms. The molecule has 1 amide bonds. The zero-order valence-corrected chi connectivity index (χ0v) is 36.1. The average molecular weight is 831 g/mol. The normalized spacial score (nSPS) is 35.5. The number of hydrogen-bond donors (Lipinski definition) is 2. The summed E-state index contributed by atoms with van der Waals surface area (Å²) in [4.78, 5) is 61.9. The lowest BCUT2D eigenvalue weighted by Gasteiger charge is -2.47. The number of cyclic esters (lactones) is 1. The number of fused-ring (bicyclic) bond motifs is 2. The van der Waals surface area contributed by atoms with Crippen LogP contribution < -0.4 is 5.32 Å². The van der Waals surface area contributed by atoms with Gasteiger partial charge in [-0.25, -0.2) is 4.79 Å². The first-order chi connectivity index (χ1) is 28.4. The van der Waals surface area contributed by atoms with Crippen molar-refractivity contribution in [2.24, 2.45) is 23.7 Å². The zero-order valence-electron chi connectivity index (χ0n) is 36.1. The molecule has 3 saturated heterocycles. The van der Waals surface area contributed by atoms with Crippen LogP contribution in [0.1, 0.15) is 80.4 Å². The number of ketones is 2. The second kappa shape index (κ2) is 18.1. The molecule has 0 bridgehead atoms. The van der Waals surface area contributed by atoms with Crippen molar-refractivity contribution in [3.63, 3.8) is 0 Å². The number of alkyl carbamates (subject to hydrolysis) is 1. The van der Waals surface area contributed by atoms with Crippen molar-refractivity contribution in [2.75, 3.05) is 20.7 Å². The van der Waals surface area contributed by atoms with Gasteiger partial charge in [-0.1, -0.05) is 57.0 Å². The molecule has 15 heteroatoms. The number of aliphatic hydroxyl groups is 1. The van der Waals surface area contributed by atoms with Gasteiger partial charge >= 0.3 is 12.1 Å². The Morgan fingerprint density at radius 3 is 2.47 bits per heavy atom. The molecule has 3 aliphatic rings. The number of likely N-dealkylation sites (N-methyl/N-ethyl adjacent to an activating group) is 1. The van der Waals surface area contributed by atoms with E-state index in [1.165, 1.54) is 6.92 Å². The quantitative estimate of drug-likeness (QED) is 0.182. The maximum Gasteiger partial charge on any atom is 0.408 e. The van der Waals surface area contributed by atoms with Crippen molar-refractivity contribution < 1.29 is 52.5 Å². The van der Waals surface area contributed by atoms with Gasteiger partial charge in [0.05, 0.1) is 29.4 Å². The third-order valence-electron chi connectivity index (χ3n) is 12.6. The standard InChI is InChI=1S/C45H58N4O11/c1-11-35-45(8)39(47-43(54)59-45)26(4)36(50)24(2)23-44(7,55-20-14-15-29-22-33(48-60-29)31-18-19-46-32-17-13-12-16-30(31)32)40(27(5)37(51)28(6)41(53)57-35)58-42-38(52)34(49(9)10)21-25(3)56-42/h12-13,16-19,22,24-28,34-35,38-40,42,52H,11,20-21,23H2,1-10H3,(H,47,54)/t24-,25-,26-,27+,28-,34+,35+,38-,39-,40-,42+,44+,45-/m1/s1. The fourth-order valence-corrected chi connectivity index (χ4v) is 9.23. The van der Waals surface area contributed by atoms with Gasteiger partial charge in [0, 0.05) is 47.0 Å². The first kappa shape index (κ1) is 44.8. The summed E-state index contributed by atoms with van der Waals surface area (Å²) < 4.78 is 36.9. The number of hydrogen-bond acceptors (Lipinski definition) is 14. The van der Waals surface area contributed by atoms with E-state index in [-0.39, 0.29) is 43.1 Å². The van der Waals surface area contributed by atoms with E-state index < -0.39 is 83.4 Å². The molecule has 0 aliphatic carbocycles. The van der Waals surface area contributed by atoms with Crippen LogP contribution in [-0.4, -0.2) is 118 Å². The summed E-state index contributed by atoms with van der Waals surface area (Å²) in [5.74, 6) is 0.833. The molecule has 0 unspecified atom stereocenters. The van der Waals surface area contributed by atoms with E-state index >= 15 is 0 Å². The third kappa shape index (κ3) is 8.99. The Kier molecular flexibility index (Phi) is 13.5. The van der Waals surface area contributed by atoms with Gasteiger partial charge in [0.1, 0.15) is 36.2 Å². The van der Waals surface area contributed by atoms with E-state index in [0.717, 1.165) is 16.5 Å². The number of rotatable bonds is 7. The number of benzene rings is 1. The Balaban J connectivity index is 1.37. The number of carbonyl (C=O) groups is 4. The Morgan fingerprint density at radius 2 is 1.75 bits per heavy atom. The van der Waals surface area contributed by atoms with Gasteiger partial charge in [-0.3, -0.25) is 19.4 Å². The molecule has 13 atom stereocenters. The number of esters is 1.